The summed E-state index contributed by atoms with van der Waals surface area (Å²) < 4.78 is 2.05. The molecule has 0 atom stereocenters. The van der Waals surface area contributed by atoms with Gasteiger partial charge in [0.15, 0.2) is 0 Å². The fourth-order valence-corrected chi connectivity index (χ4v) is 3.38. The molecular weight excluding hydrogens is 344 g/mol. The van der Waals surface area contributed by atoms with E-state index in [9.17, 15) is 0 Å². The monoisotopic (exact) mass is 362 g/mol. The van der Waals surface area contributed by atoms with Crippen LogP contribution >= 0.6 is 0 Å². The SMILES string of the molecule is c1ccc(-c2nc3ccc(Cn4ccnc4)cc3nc2-c2ccccc2)cc1. The average molecular weight is 362 g/mol. The van der Waals surface area contributed by atoms with Crippen molar-refractivity contribution in [1.29, 1.82) is 0 Å². The highest BCUT2D eigenvalue weighted by Gasteiger charge is 2.13. The van der Waals surface area contributed by atoms with Crippen LogP contribution in [-0.2, 0) is 6.54 Å². The van der Waals surface area contributed by atoms with Gasteiger partial charge in [-0.15, -0.1) is 0 Å². The second-order valence-electron chi connectivity index (χ2n) is 6.71. The van der Waals surface area contributed by atoms with Crippen LogP contribution in [0, 0.1) is 0 Å². The highest BCUT2D eigenvalue weighted by Crippen LogP contribution is 2.31. The number of rotatable bonds is 4. The van der Waals surface area contributed by atoms with Gasteiger partial charge in [-0.2, -0.15) is 0 Å². The Morgan fingerprint density at radius 1 is 0.679 bits per heavy atom. The Kier molecular flexibility index (Phi) is 4.14. The summed E-state index contributed by atoms with van der Waals surface area (Å²) in [4.78, 5) is 14.1. The zero-order valence-corrected chi connectivity index (χ0v) is 15.2. The zero-order valence-electron chi connectivity index (χ0n) is 15.2. The van der Waals surface area contributed by atoms with Crippen LogP contribution < -0.4 is 0 Å². The van der Waals surface area contributed by atoms with Crippen LogP contribution in [0.5, 0.6) is 0 Å². The number of nitrogens with zero attached hydrogens (tertiary/aromatic N) is 4. The van der Waals surface area contributed by atoms with Gasteiger partial charge >= 0.3 is 0 Å². The van der Waals surface area contributed by atoms with Gasteiger partial charge in [-0.1, -0.05) is 66.7 Å². The molecule has 3 aromatic carbocycles. The Hall–Kier alpha value is -3.79. The summed E-state index contributed by atoms with van der Waals surface area (Å²) in [7, 11) is 0. The summed E-state index contributed by atoms with van der Waals surface area (Å²) in [5.41, 5.74) is 6.91. The van der Waals surface area contributed by atoms with Crippen LogP contribution in [0.25, 0.3) is 33.5 Å². The van der Waals surface area contributed by atoms with E-state index in [4.69, 9.17) is 9.97 Å². The van der Waals surface area contributed by atoms with Crippen LogP contribution in [0.4, 0.5) is 0 Å². The van der Waals surface area contributed by atoms with E-state index in [0.717, 1.165) is 40.1 Å². The quantitative estimate of drug-likeness (QED) is 0.441. The van der Waals surface area contributed by atoms with Gasteiger partial charge in [0.1, 0.15) is 0 Å². The van der Waals surface area contributed by atoms with Crippen molar-refractivity contribution in [3.05, 3.63) is 103 Å². The van der Waals surface area contributed by atoms with Crippen molar-refractivity contribution in [3.8, 4) is 22.5 Å². The number of imidazole rings is 1. The lowest BCUT2D eigenvalue weighted by Gasteiger charge is -2.11. The lowest BCUT2D eigenvalue weighted by atomic mass is 10.0. The normalized spacial score (nSPS) is 11.0. The summed E-state index contributed by atoms with van der Waals surface area (Å²) in [6.45, 7) is 0.763. The molecule has 0 N–H and O–H groups in total. The minimum atomic E-state index is 0.763. The minimum Gasteiger partial charge on any atom is -0.333 e. The van der Waals surface area contributed by atoms with Crippen molar-refractivity contribution in [2.24, 2.45) is 0 Å². The number of aromatic nitrogens is 4. The fourth-order valence-electron chi connectivity index (χ4n) is 3.38. The molecule has 0 saturated carbocycles. The lowest BCUT2D eigenvalue weighted by Crippen LogP contribution is -1.99. The summed E-state index contributed by atoms with van der Waals surface area (Å²) >= 11 is 0. The summed E-state index contributed by atoms with van der Waals surface area (Å²) in [6.07, 6.45) is 5.58. The molecule has 134 valence electrons. The van der Waals surface area contributed by atoms with Crippen LogP contribution in [0.15, 0.2) is 97.6 Å². The van der Waals surface area contributed by atoms with Crippen molar-refractivity contribution < 1.29 is 0 Å². The molecule has 0 aliphatic heterocycles. The third-order valence-electron chi connectivity index (χ3n) is 4.75. The molecule has 0 aliphatic carbocycles. The molecule has 0 radical (unpaired) electrons. The van der Waals surface area contributed by atoms with Gasteiger partial charge in [0.25, 0.3) is 0 Å². The fraction of sp³-hybridized carbons (Fsp3) is 0.0417. The Morgan fingerprint density at radius 2 is 1.32 bits per heavy atom. The van der Waals surface area contributed by atoms with Crippen molar-refractivity contribution in [3.63, 3.8) is 0 Å². The first-order chi connectivity index (χ1) is 13.9. The van der Waals surface area contributed by atoms with Crippen molar-refractivity contribution in [1.82, 2.24) is 19.5 Å². The Bertz CT molecular complexity index is 1210. The van der Waals surface area contributed by atoms with E-state index in [1.54, 1.807) is 6.20 Å². The molecule has 0 amide bonds. The molecule has 0 bridgehead atoms. The molecule has 4 heteroatoms. The molecule has 28 heavy (non-hydrogen) atoms. The average Bonchev–Trinajstić information content (AvgIpc) is 3.27. The Morgan fingerprint density at radius 3 is 1.93 bits per heavy atom. The van der Waals surface area contributed by atoms with E-state index >= 15 is 0 Å². The molecule has 0 aliphatic rings. The van der Waals surface area contributed by atoms with Crippen molar-refractivity contribution in [2.75, 3.05) is 0 Å². The second-order valence-corrected chi connectivity index (χ2v) is 6.71. The summed E-state index contributed by atoms with van der Waals surface area (Å²) in [5.74, 6) is 0. The molecule has 0 fully saturated rings. The van der Waals surface area contributed by atoms with Gasteiger partial charge in [0, 0.05) is 30.1 Å². The first-order valence-corrected chi connectivity index (χ1v) is 9.24. The first-order valence-electron chi connectivity index (χ1n) is 9.24. The topological polar surface area (TPSA) is 43.6 Å². The van der Waals surface area contributed by atoms with Gasteiger partial charge < -0.3 is 4.57 Å². The highest BCUT2D eigenvalue weighted by molar-refractivity contribution is 5.86. The zero-order chi connectivity index (χ0) is 18.8. The smallest absolute Gasteiger partial charge is 0.0973 e. The van der Waals surface area contributed by atoms with E-state index in [1.807, 2.05) is 53.5 Å². The predicted octanol–water partition coefficient (Wildman–Crippen LogP) is 5.21. The second kappa shape index (κ2) is 7.08. The number of hydrogen-bond acceptors (Lipinski definition) is 3. The maximum absolute atomic E-state index is 5.02. The number of hydrogen-bond donors (Lipinski definition) is 0. The predicted molar refractivity (Wildman–Crippen MR) is 112 cm³/mol. The van der Waals surface area contributed by atoms with E-state index in [0.29, 0.717) is 0 Å². The molecular formula is C24H18N4. The molecule has 5 aromatic rings. The first kappa shape index (κ1) is 16.4. The van der Waals surface area contributed by atoms with Gasteiger partial charge in [0.2, 0.25) is 0 Å². The van der Waals surface area contributed by atoms with Crippen LogP contribution in [-0.4, -0.2) is 19.5 Å². The summed E-state index contributed by atoms with van der Waals surface area (Å²) in [6, 6.07) is 26.8. The van der Waals surface area contributed by atoms with E-state index in [-0.39, 0.29) is 0 Å². The molecule has 2 aromatic heterocycles. The third-order valence-corrected chi connectivity index (χ3v) is 4.75. The highest BCUT2D eigenvalue weighted by atomic mass is 15.0. The molecule has 0 unspecified atom stereocenters. The van der Waals surface area contributed by atoms with E-state index < -0.39 is 0 Å². The minimum absolute atomic E-state index is 0.763. The van der Waals surface area contributed by atoms with Gasteiger partial charge in [-0.25, -0.2) is 15.0 Å². The number of fused-ring (bicyclic) bond motifs is 1. The van der Waals surface area contributed by atoms with Gasteiger partial charge in [-0.3, -0.25) is 0 Å². The number of benzene rings is 3. The molecule has 2 heterocycles. The molecule has 0 spiro atoms. The standard InChI is InChI=1S/C24H18N4/c1-3-7-19(8-4-1)23-24(20-9-5-2-6-10-20)27-22-15-18(11-12-21(22)26-23)16-28-14-13-25-17-28/h1-15,17H,16H2. The third kappa shape index (κ3) is 3.16. The summed E-state index contributed by atoms with van der Waals surface area (Å²) in [5, 5.41) is 0. The van der Waals surface area contributed by atoms with E-state index in [2.05, 4.69) is 47.4 Å². The van der Waals surface area contributed by atoms with Gasteiger partial charge in [0.05, 0.1) is 28.7 Å². The van der Waals surface area contributed by atoms with E-state index in [1.165, 1.54) is 5.56 Å². The van der Waals surface area contributed by atoms with Crippen LogP contribution in [0.2, 0.25) is 0 Å². The molecule has 4 nitrogen and oxygen atoms in total. The van der Waals surface area contributed by atoms with Crippen molar-refractivity contribution in [2.45, 2.75) is 6.54 Å². The lowest BCUT2D eigenvalue weighted by molar-refractivity contribution is 0.798. The molecule has 0 saturated heterocycles. The maximum atomic E-state index is 5.02. The van der Waals surface area contributed by atoms with Gasteiger partial charge in [-0.05, 0) is 17.7 Å². The molecule has 5 rings (SSSR count). The van der Waals surface area contributed by atoms with Crippen LogP contribution in [0.1, 0.15) is 5.56 Å². The Labute approximate surface area is 163 Å². The van der Waals surface area contributed by atoms with Crippen LogP contribution in [0.3, 0.4) is 0 Å². The Balaban J connectivity index is 1.68. The van der Waals surface area contributed by atoms with Crippen molar-refractivity contribution >= 4 is 11.0 Å². The largest absolute Gasteiger partial charge is 0.333 e. The maximum Gasteiger partial charge on any atom is 0.0973 e.